The number of hydrogen-bond donors (Lipinski definition) is 2. The molecule has 21 heavy (non-hydrogen) atoms. The van der Waals surface area contributed by atoms with Crippen molar-refractivity contribution in [2.45, 2.75) is 44.5 Å². The summed E-state index contributed by atoms with van der Waals surface area (Å²) >= 11 is 3.09. The third-order valence-electron chi connectivity index (χ3n) is 3.01. The number of hydrogen-bond acceptors (Lipinski definition) is 5. The van der Waals surface area contributed by atoms with Gasteiger partial charge >= 0.3 is 0 Å². The second kappa shape index (κ2) is 8.53. The van der Waals surface area contributed by atoms with Crippen molar-refractivity contribution >= 4 is 33.1 Å². The summed E-state index contributed by atoms with van der Waals surface area (Å²) in [5, 5.41) is 3.33. The molecule has 0 bridgehead atoms. The van der Waals surface area contributed by atoms with Gasteiger partial charge in [0.05, 0.1) is 0 Å². The second-order valence-electron chi connectivity index (χ2n) is 5.62. The highest BCUT2D eigenvalue weighted by molar-refractivity contribution is 7.98. The molecule has 122 valence electrons. The molecule has 0 amide bonds. The van der Waals surface area contributed by atoms with E-state index in [1.54, 1.807) is 17.8 Å². The van der Waals surface area contributed by atoms with Crippen LogP contribution in [0.2, 0.25) is 0 Å². The maximum absolute atomic E-state index is 12.3. The van der Waals surface area contributed by atoms with E-state index in [0.29, 0.717) is 29.3 Å². The van der Waals surface area contributed by atoms with Gasteiger partial charge in [0.1, 0.15) is 4.21 Å². The first-order chi connectivity index (χ1) is 9.76. The first kappa shape index (κ1) is 19.0. The van der Waals surface area contributed by atoms with E-state index in [2.05, 4.69) is 30.8 Å². The number of rotatable bonds is 9. The fourth-order valence-corrected chi connectivity index (χ4v) is 5.20. The van der Waals surface area contributed by atoms with Gasteiger partial charge in [-0.15, -0.1) is 11.3 Å². The zero-order chi connectivity index (χ0) is 16.0. The Bertz CT molecular complexity index is 538. The number of sulfonamides is 1. The third-order valence-corrected chi connectivity index (χ3v) is 7.04. The van der Waals surface area contributed by atoms with Gasteiger partial charge in [-0.25, -0.2) is 13.1 Å². The molecule has 0 aromatic carbocycles. The Labute approximate surface area is 137 Å². The fraction of sp³-hybridized carbons (Fsp3) is 0.714. The van der Waals surface area contributed by atoms with E-state index < -0.39 is 10.0 Å². The zero-order valence-electron chi connectivity index (χ0n) is 13.4. The second-order valence-corrected chi connectivity index (χ2v) is 9.66. The van der Waals surface area contributed by atoms with Crippen molar-refractivity contribution in [2.24, 2.45) is 5.92 Å². The molecule has 0 fully saturated rings. The highest BCUT2D eigenvalue weighted by Crippen LogP contribution is 2.26. The molecule has 0 aliphatic heterocycles. The van der Waals surface area contributed by atoms with Crippen LogP contribution in [0.1, 0.15) is 31.2 Å². The summed E-state index contributed by atoms with van der Waals surface area (Å²) in [4.78, 5) is 1.08. The molecular formula is C14H26N2O2S3. The molecule has 1 rings (SSSR count). The normalized spacial score (nSPS) is 13.8. The van der Waals surface area contributed by atoms with Gasteiger partial charge in [0, 0.05) is 24.0 Å². The Morgan fingerprint density at radius 1 is 1.33 bits per heavy atom. The SMILES string of the molecule is CSCC(C)CNS(=O)(=O)c1cc(C)c(CNC(C)C)s1. The van der Waals surface area contributed by atoms with Crippen molar-refractivity contribution in [1.29, 1.82) is 0 Å². The van der Waals surface area contributed by atoms with Crippen LogP contribution in [-0.4, -0.2) is 33.0 Å². The molecule has 0 radical (unpaired) electrons. The summed E-state index contributed by atoms with van der Waals surface area (Å²) in [7, 11) is -3.38. The van der Waals surface area contributed by atoms with Crippen LogP contribution < -0.4 is 10.0 Å². The average Bonchev–Trinajstić information content (AvgIpc) is 2.77. The molecule has 1 atom stereocenters. The lowest BCUT2D eigenvalue weighted by atomic mass is 10.2. The lowest BCUT2D eigenvalue weighted by Crippen LogP contribution is -2.28. The minimum absolute atomic E-state index is 0.331. The minimum atomic E-state index is -3.38. The largest absolute Gasteiger partial charge is 0.310 e. The predicted molar refractivity (Wildman–Crippen MR) is 93.8 cm³/mol. The molecular weight excluding hydrogens is 324 g/mol. The maximum Gasteiger partial charge on any atom is 0.250 e. The first-order valence-electron chi connectivity index (χ1n) is 7.07. The van der Waals surface area contributed by atoms with E-state index in [1.165, 1.54) is 11.3 Å². The number of aryl methyl sites for hydroxylation is 1. The summed E-state index contributed by atoms with van der Waals surface area (Å²) < 4.78 is 27.8. The monoisotopic (exact) mass is 350 g/mol. The zero-order valence-corrected chi connectivity index (χ0v) is 15.8. The quantitative estimate of drug-likeness (QED) is 0.719. The van der Waals surface area contributed by atoms with Crippen LogP contribution in [0.3, 0.4) is 0 Å². The van der Waals surface area contributed by atoms with Gasteiger partial charge in [0.15, 0.2) is 0 Å². The van der Waals surface area contributed by atoms with Gasteiger partial charge in [-0.2, -0.15) is 11.8 Å². The Morgan fingerprint density at radius 2 is 2.00 bits per heavy atom. The van der Waals surface area contributed by atoms with Crippen molar-refractivity contribution in [1.82, 2.24) is 10.0 Å². The van der Waals surface area contributed by atoms with E-state index >= 15 is 0 Å². The molecule has 7 heteroatoms. The lowest BCUT2D eigenvalue weighted by molar-refractivity contribution is 0.564. The predicted octanol–water partition coefficient (Wildman–Crippen LogP) is 2.83. The Kier molecular flexibility index (Phi) is 7.70. The van der Waals surface area contributed by atoms with Gasteiger partial charge in [0.25, 0.3) is 0 Å². The van der Waals surface area contributed by atoms with Gasteiger partial charge in [0.2, 0.25) is 10.0 Å². The molecule has 0 aliphatic rings. The van der Waals surface area contributed by atoms with E-state index in [-0.39, 0.29) is 0 Å². The summed E-state index contributed by atoms with van der Waals surface area (Å²) in [6.45, 7) is 9.37. The molecule has 1 heterocycles. The van der Waals surface area contributed by atoms with Crippen molar-refractivity contribution < 1.29 is 8.42 Å². The van der Waals surface area contributed by atoms with E-state index in [1.807, 2.05) is 13.2 Å². The molecule has 0 saturated heterocycles. The van der Waals surface area contributed by atoms with E-state index in [0.717, 1.165) is 16.2 Å². The number of thiophene rings is 1. The van der Waals surface area contributed by atoms with Crippen LogP contribution in [0.25, 0.3) is 0 Å². The molecule has 1 aromatic heterocycles. The van der Waals surface area contributed by atoms with Crippen LogP contribution in [0.15, 0.2) is 10.3 Å². The van der Waals surface area contributed by atoms with Gasteiger partial charge in [-0.05, 0) is 36.5 Å². The number of nitrogens with one attached hydrogen (secondary N) is 2. The first-order valence-corrected chi connectivity index (χ1v) is 10.8. The van der Waals surface area contributed by atoms with Gasteiger partial charge < -0.3 is 5.32 Å². The van der Waals surface area contributed by atoms with Gasteiger partial charge in [-0.1, -0.05) is 20.8 Å². The average molecular weight is 351 g/mol. The van der Waals surface area contributed by atoms with E-state index in [4.69, 9.17) is 0 Å². The topological polar surface area (TPSA) is 58.2 Å². The maximum atomic E-state index is 12.3. The smallest absolute Gasteiger partial charge is 0.250 e. The fourth-order valence-electron chi connectivity index (χ4n) is 1.76. The van der Waals surface area contributed by atoms with E-state index in [9.17, 15) is 8.42 Å². The molecule has 0 saturated carbocycles. The molecule has 1 aromatic rings. The number of thioether (sulfide) groups is 1. The van der Waals surface area contributed by atoms with Crippen LogP contribution in [0.5, 0.6) is 0 Å². The van der Waals surface area contributed by atoms with Crippen molar-refractivity contribution in [2.75, 3.05) is 18.6 Å². The highest BCUT2D eigenvalue weighted by Gasteiger charge is 2.19. The van der Waals surface area contributed by atoms with Crippen molar-refractivity contribution in [3.63, 3.8) is 0 Å². The Hall–Kier alpha value is -0.0800. The van der Waals surface area contributed by atoms with Crippen LogP contribution >= 0.6 is 23.1 Å². The minimum Gasteiger partial charge on any atom is -0.310 e. The highest BCUT2D eigenvalue weighted by atomic mass is 32.2. The summed E-state index contributed by atoms with van der Waals surface area (Å²) in [5.41, 5.74) is 1.03. The molecule has 1 unspecified atom stereocenters. The summed E-state index contributed by atoms with van der Waals surface area (Å²) in [5.74, 6) is 1.29. The van der Waals surface area contributed by atoms with Crippen molar-refractivity contribution in [3.8, 4) is 0 Å². The van der Waals surface area contributed by atoms with Gasteiger partial charge in [-0.3, -0.25) is 0 Å². The van der Waals surface area contributed by atoms with Crippen molar-refractivity contribution in [3.05, 3.63) is 16.5 Å². The van der Waals surface area contributed by atoms with Crippen LogP contribution in [0.4, 0.5) is 0 Å². The lowest BCUT2D eigenvalue weighted by Gasteiger charge is -2.10. The molecule has 2 N–H and O–H groups in total. The van der Waals surface area contributed by atoms with Crippen LogP contribution in [0, 0.1) is 12.8 Å². The molecule has 4 nitrogen and oxygen atoms in total. The Balaban J connectivity index is 2.73. The summed E-state index contributed by atoms with van der Waals surface area (Å²) in [6, 6.07) is 2.15. The molecule has 0 aliphatic carbocycles. The standard InChI is InChI=1S/C14H26N2O2S3/c1-10(2)15-8-13-12(4)6-14(20-13)21(17,18)16-7-11(3)9-19-5/h6,10-11,15-16H,7-9H2,1-5H3. The molecule has 0 spiro atoms. The summed E-state index contributed by atoms with van der Waals surface area (Å²) in [6.07, 6.45) is 2.03. The third kappa shape index (κ3) is 6.28. The Morgan fingerprint density at radius 3 is 2.57 bits per heavy atom. The van der Waals surface area contributed by atoms with Crippen LogP contribution in [-0.2, 0) is 16.6 Å².